The number of benzene rings is 1. The summed E-state index contributed by atoms with van der Waals surface area (Å²) in [5.41, 5.74) is 0.650. The molecule has 0 bridgehead atoms. The third-order valence-electron chi connectivity index (χ3n) is 4.06. The molecule has 1 aromatic carbocycles. The largest absolute Gasteiger partial charge is 0.314 e. The summed E-state index contributed by atoms with van der Waals surface area (Å²) in [7, 11) is 0. The Morgan fingerprint density at radius 3 is 2.74 bits per heavy atom. The summed E-state index contributed by atoms with van der Waals surface area (Å²) in [6, 6.07) is 4.43. The quantitative estimate of drug-likeness (QED) is 0.848. The highest BCUT2D eigenvalue weighted by Gasteiger charge is 2.25. The van der Waals surface area contributed by atoms with Crippen molar-refractivity contribution in [2.24, 2.45) is 5.92 Å². The predicted molar refractivity (Wildman–Crippen MR) is 74.1 cm³/mol. The molecule has 106 valence electrons. The Hall–Kier alpha value is -0.960. The van der Waals surface area contributed by atoms with E-state index in [0.717, 1.165) is 25.5 Å². The van der Waals surface area contributed by atoms with Gasteiger partial charge in [0, 0.05) is 12.1 Å². The first-order valence-electron chi connectivity index (χ1n) is 7.38. The van der Waals surface area contributed by atoms with E-state index in [4.69, 9.17) is 0 Å². The highest BCUT2D eigenvalue weighted by Crippen LogP contribution is 2.28. The standard InChI is InChI=1S/C16H23F2N/c1-2-9-19-16-6-4-3-5-13(16)10-12-7-8-14(17)11-15(12)18/h7-8,11,13,16,19H,2-6,9-10H2,1H3. The van der Waals surface area contributed by atoms with Gasteiger partial charge >= 0.3 is 0 Å². The molecule has 0 aliphatic heterocycles. The van der Waals surface area contributed by atoms with Crippen LogP contribution in [0.15, 0.2) is 18.2 Å². The molecule has 1 N–H and O–H groups in total. The second-order valence-electron chi connectivity index (χ2n) is 5.55. The Labute approximate surface area is 114 Å². The molecular weight excluding hydrogens is 244 g/mol. The van der Waals surface area contributed by atoms with Gasteiger partial charge in [-0.15, -0.1) is 0 Å². The number of rotatable bonds is 5. The molecular formula is C16H23F2N. The van der Waals surface area contributed by atoms with E-state index >= 15 is 0 Å². The monoisotopic (exact) mass is 267 g/mol. The van der Waals surface area contributed by atoms with E-state index in [9.17, 15) is 8.78 Å². The van der Waals surface area contributed by atoms with Gasteiger partial charge in [0.25, 0.3) is 0 Å². The van der Waals surface area contributed by atoms with Crippen LogP contribution in [0.2, 0.25) is 0 Å². The van der Waals surface area contributed by atoms with Gasteiger partial charge in [-0.05, 0) is 49.8 Å². The van der Waals surface area contributed by atoms with Crippen LogP contribution in [-0.4, -0.2) is 12.6 Å². The molecule has 0 heterocycles. The zero-order valence-electron chi connectivity index (χ0n) is 11.6. The van der Waals surface area contributed by atoms with Crippen molar-refractivity contribution >= 4 is 0 Å². The topological polar surface area (TPSA) is 12.0 Å². The summed E-state index contributed by atoms with van der Waals surface area (Å²) in [6.45, 7) is 3.18. The molecule has 1 saturated carbocycles. The number of hydrogen-bond acceptors (Lipinski definition) is 1. The van der Waals surface area contributed by atoms with E-state index in [1.807, 2.05) is 0 Å². The van der Waals surface area contributed by atoms with Crippen LogP contribution in [0.4, 0.5) is 8.78 Å². The average Bonchev–Trinajstić information content (AvgIpc) is 2.41. The molecule has 1 fully saturated rings. The van der Waals surface area contributed by atoms with Crippen molar-refractivity contribution in [3.05, 3.63) is 35.4 Å². The lowest BCUT2D eigenvalue weighted by Gasteiger charge is -2.32. The fraction of sp³-hybridized carbons (Fsp3) is 0.625. The molecule has 0 radical (unpaired) electrons. The first-order chi connectivity index (χ1) is 9.20. The van der Waals surface area contributed by atoms with E-state index in [-0.39, 0.29) is 0 Å². The van der Waals surface area contributed by atoms with Gasteiger partial charge in [-0.1, -0.05) is 25.8 Å². The van der Waals surface area contributed by atoms with Gasteiger partial charge in [0.15, 0.2) is 0 Å². The second-order valence-corrected chi connectivity index (χ2v) is 5.55. The van der Waals surface area contributed by atoms with Crippen LogP contribution in [0.3, 0.4) is 0 Å². The fourth-order valence-corrected chi connectivity index (χ4v) is 3.02. The third-order valence-corrected chi connectivity index (χ3v) is 4.06. The van der Waals surface area contributed by atoms with Gasteiger partial charge < -0.3 is 5.32 Å². The summed E-state index contributed by atoms with van der Waals surface area (Å²) in [6.07, 6.45) is 6.62. The smallest absolute Gasteiger partial charge is 0.129 e. The number of hydrogen-bond donors (Lipinski definition) is 1. The maximum absolute atomic E-state index is 13.7. The third kappa shape index (κ3) is 4.00. The predicted octanol–water partition coefficient (Wildman–Crippen LogP) is 4.07. The van der Waals surface area contributed by atoms with Crippen LogP contribution in [0.25, 0.3) is 0 Å². The van der Waals surface area contributed by atoms with Gasteiger partial charge in [-0.3, -0.25) is 0 Å². The molecule has 1 aliphatic rings. The van der Waals surface area contributed by atoms with Crippen molar-refractivity contribution in [2.45, 2.75) is 51.5 Å². The molecule has 2 unspecified atom stereocenters. The lowest BCUT2D eigenvalue weighted by Crippen LogP contribution is -2.40. The van der Waals surface area contributed by atoms with Crippen LogP contribution < -0.4 is 5.32 Å². The lowest BCUT2D eigenvalue weighted by atomic mass is 9.80. The highest BCUT2D eigenvalue weighted by atomic mass is 19.1. The zero-order chi connectivity index (χ0) is 13.7. The van der Waals surface area contributed by atoms with Gasteiger partial charge in [-0.25, -0.2) is 8.78 Å². The Balaban J connectivity index is 2.02. The van der Waals surface area contributed by atoms with Gasteiger partial charge in [0.05, 0.1) is 0 Å². The lowest BCUT2D eigenvalue weighted by molar-refractivity contribution is 0.259. The molecule has 2 rings (SSSR count). The molecule has 1 nitrogen and oxygen atoms in total. The summed E-state index contributed by atoms with van der Waals surface area (Å²) in [5.74, 6) is -0.425. The molecule has 0 saturated heterocycles. The van der Waals surface area contributed by atoms with E-state index in [2.05, 4.69) is 12.2 Å². The minimum absolute atomic E-state index is 0.403. The molecule has 19 heavy (non-hydrogen) atoms. The van der Waals surface area contributed by atoms with Crippen molar-refractivity contribution in [3.63, 3.8) is 0 Å². The summed E-state index contributed by atoms with van der Waals surface area (Å²) in [4.78, 5) is 0. The van der Waals surface area contributed by atoms with Crippen LogP contribution in [0.1, 0.15) is 44.6 Å². The van der Waals surface area contributed by atoms with Crippen molar-refractivity contribution in [1.82, 2.24) is 5.32 Å². The minimum atomic E-state index is -0.495. The van der Waals surface area contributed by atoms with E-state index in [1.165, 1.54) is 25.3 Å². The van der Waals surface area contributed by atoms with E-state index in [1.54, 1.807) is 6.07 Å². The van der Waals surface area contributed by atoms with Crippen molar-refractivity contribution < 1.29 is 8.78 Å². The van der Waals surface area contributed by atoms with Gasteiger partial charge in [0.1, 0.15) is 11.6 Å². The second kappa shape index (κ2) is 6.99. The number of halogens is 2. The first-order valence-corrected chi connectivity index (χ1v) is 7.38. The maximum Gasteiger partial charge on any atom is 0.129 e. The summed E-state index contributed by atoms with van der Waals surface area (Å²) in [5, 5.41) is 3.58. The van der Waals surface area contributed by atoms with Crippen molar-refractivity contribution in [1.29, 1.82) is 0 Å². The first kappa shape index (κ1) is 14.4. The van der Waals surface area contributed by atoms with Gasteiger partial charge in [-0.2, -0.15) is 0 Å². The number of nitrogens with one attached hydrogen (secondary N) is 1. The van der Waals surface area contributed by atoms with Crippen LogP contribution >= 0.6 is 0 Å². The maximum atomic E-state index is 13.7. The normalized spacial score (nSPS) is 23.5. The SMILES string of the molecule is CCCNC1CCCCC1Cc1ccc(F)cc1F. The Morgan fingerprint density at radius 2 is 2.00 bits per heavy atom. The minimum Gasteiger partial charge on any atom is -0.314 e. The fourth-order valence-electron chi connectivity index (χ4n) is 3.02. The molecule has 1 aliphatic carbocycles. The average molecular weight is 267 g/mol. The highest BCUT2D eigenvalue weighted by molar-refractivity contribution is 5.19. The van der Waals surface area contributed by atoms with Crippen LogP contribution in [-0.2, 0) is 6.42 Å². The molecule has 0 amide bonds. The van der Waals surface area contributed by atoms with E-state index in [0.29, 0.717) is 23.9 Å². The molecule has 0 spiro atoms. The Morgan fingerprint density at radius 1 is 1.21 bits per heavy atom. The van der Waals surface area contributed by atoms with E-state index < -0.39 is 11.6 Å². The van der Waals surface area contributed by atoms with Gasteiger partial charge in [0.2, 0.25) is 0 Å². The Kier molecular flexibility index (Phi) is 5.32. The van der Waals surface area contributed by atoms with Crippen molar-refractivity contribution in [2.75, 3.05) is 6.54 Å². The summed E-state index contributed by atoms with van der Waals surface area (Å²) >= 11 is 0. The molecule has 1 aromatic rings. The Bertz CT molecular complexity index is 406. The van der Waals surface area contributed by atoms with Crippen LogP contribution in [0, 0.1) is 17.6 Å². The zero-order valence-corrected chi connectivity index (χ0v) is 11.6. The summed E-state index contributed by atoms with van der Waals surface area (Å²) < 4.78 is 26.6. The molecule has 2 atom stereocenters. The van der Waals surface area contributed by atoms with Crippen molar-refractivity contribution in [3.8, 4) is 0 Å². The molecule has 0 aromatic heterocycles. The van der Waals surface area contributed by atoms with Crippen LogP contribution in [0.5, 0.6) is 0 Å². The molecule has 3 heteroatoms.